The number of rotatable bonds is 6. The number of hydrazone groups is 1. The minimum absolute atomic E-state index is 0.200. The zero-order chi connectivity index (χ0) is 23.5. The Morgan fingerprint density at radius 2 is 1.94 bits per heavy atom. The van der Waals surface area contributed by atoms with Crippen LogP contribution in [0, 0.1) is 0 Å². The number of carbonyl (C=O) groups excluding carboxylic acids is 2. The highest BCUT2D eigenvalue weighted by molar-refractivity contribution is 7.90. The van der Waals surface area contributed by atoms with Gasteiger partial charge in [-0.2, -0.15) is 20.3 Å². The van der Waals surface area contributed by atoms with Crippen LogP contribution in [-0.2, 0) is 14.8 Å². The molecule has 0 radical (unpaired) electrons. The van der Waals surface area contributed by atoms with Gasteiger partial charge in [-0.3, -0.25) is 4.79 Å². The van der Waals surface area contributed by atoms with Gasteiger partial charge in [0.25, 0.3) is 15.9 Å². The van der Waals surface area contributed by atoms with Crippen LogP contribution >= 0.6 is 11.6 Å². The third-order valence-electron chi connectivity index (χ3n) is 4.27. The minimum atomic E-state index is -4.21. The van der Waals surface area contributed by atoms with E-state index in [0.717, 1.165) is 23.2 Å². The summed E-state index contributed by atoms with van der Waals surface area (Å²) >= 11 is 5.87. The number of benzene rings is 2. The summed E-state index contributed by atoms with van der Waals surface area (Å²) in [6, 6.07) is 7.75. The lowest BCUT2D eigenvalue weighted by atomic mass is 10.2. The Balaban J connectivity index is 1.83. The molecule has 0 saturated heterocycles. The van der Waals surface area contributed by atoms with Crippen LogP contribution in [0.25, 0.3) is 0 Å². The van der Waals surface area contributed by atoms with Crippen LogP contribution in [0.15, 0.2) is 62.7 Å². The number of anilines is 1. The molecule has 13 heteroatoms. The average Bonchev–Trinajstić information content (AvgIpc) is 3.01. The third kappa shape index (κ3) is 5.03. The summed E-state index contributed by atoms with van der Waals surface area (Å²) in [5.41, 5.74) is 0.646. The molecule has 3 rings (SSSR count). The summed E-state index contributed by atoms with van der Waals surface area (Å²) in [5, 5.41) is 26.0. The number of amides is 3. The first-order valence-corrected chi connectivity index (χ1v) is 11.2. The molecule has 1 atom stereocenters. The molecule has 3 N–H and O–H groups in total. The lowest BCUT2D eigenvalue weighted by Gasteiger charge is -2.12. The first-order valence-electron chi connectivity index (χ1n) is 9.31. The van der Waals surface area contributed by atoms with Crippen LogP contribution in [0.1, 0.15) is 13.8 Å². The Morgan fingerprint density at radius 1 is 1.25 bits per heavy atom. The SMILES string of the molecule is CCNC(=O)NS(=O)(=O)c1ccc(O)c(N=NC2C(=O)N(c3ccc(Cl)cc3)N=C2C)c1. The summed E-state index contributed by atoms with van der Waals surface area (Å²) in [6.45, 7) is 3.46. The summed E-state index contributed by atoms with van der Waals surface area (Å²) in [4.78, 5) is 24.0. The Kier molecular flexibility index (Phi) is 6.75. The smallest absolute Gasteiger partial charge is 0.328 e. The Hall–Kier alpha value is -3.51. The molecule has 0 spiro atoms. The second-order valence-corrected chi connectivity index (χ2v) is 8.72. The molecule has 168 valence electrons. The molecule has 11 nitrogen and oxygen atoms in total. The fourth-order valence-corrected chi connectivity index (χ4v) is 3.78. The highest BCUT2D eigenvalue weighted by Gasteiger charge is 2.34. The van der Waals surface area contributed by atoms with E-state index in [4.69, 9.17) is 11.6 Å². The summed E-state index contributed by atoms with van der Waals surface area (Å²) < 4.78 is 26.5. The van der Waals surface area contributed by atoms with E-state index in [1.54, 1.807) is 38.1 Å². The molecule has 0 saturated carbocycles. The maximum Gasteiger partial charge on any atom is 0.328 e. The highest BCUT2D eigenvalue weighted by atomic mass is 35.5. The predicted octanol–water partition coefficient (Wildman–Crippen LogP) is 2.93. The van der Waals surface area contributed by atoms with Crippen LogP contribution < -0.4 is 15.0 Å². The zero-order valence-corrected chi connectivity index (χ0v) is 18.6. The van der Waals surface area contributed by atoms with E-state index in [2.05, 4.69) is 20.6 Å². The molecule has 0 bridgehead atoms. The maximum absolute atomic E-state index is 12.7. The van der Waals surface area contributed by atoms with Crippen molar-refractivity contribution in [1.29, 1.82) is 0 Å². The number of urea groups is 1. The summed E-state index contributed by atoms with van der Waals surface area (Å²) in [7, 11) is -4.21. The monoisotopic (exact) mass is 478 g/mol. The highest BCUT2D eigenvalue weighted by Crippen LogP contribution is 2.31. The quantitative estimate of drug-likeness (QED) is 0.545. The molecule has 0 aromatic heterocycles. The van der Waals surface area contributed by atoms with E-state index in [-0.39, 0.29) is 22.9 Å². The van der Waals surface area contributed by atoms with Gasteiger partial charge >= 0.3 is 6.03 Å². The van der Waals surface area contributed by atoms with Gasteiger partial charge in [-0.05, 0) is 56.3 Å². The molecule has 32 heavy (non-hydrogen) atoms. The lowest BCUT2D eigenvalue weighted by molar-refractivity contribution is -0.117. The van der Waals surface area contributed by atoms with Crippen LogP contribution in [0.4, 0.5) is 16.2 Å². The van der Waals surface area contributed by atoms with E-state index >= 15 is 0 Å². The number of nitrogens with zero attached hydrogens (tertiary/aromatic N) is 4. The van der Waals surface area contributed by atoms with Crippen molar-refractivity contribution in [3.8, 4) is 5.75 Å². The van der Waals surface area contributed by atoms with Crippen molar-refractivity contribution in [1.82, 2.24) is 10.0 Å². The van der Waals surface area contributed by atoms with Crippen LogP contribution in [-0.4, -0.2) is 43.8 Å². The van der Waals surface area contributed by atoms with Crippen molar-refractivity contribution >= 4 is 50.6 Å². The molecule has 1 aliphatic rings. The maximum atomic E-state index is 12.7. The van der Waals surface area contributed by atoms with Crippen molar-refractivity contribution < 1.29 is 23.1 Å². The Bertz CT molecular complexity index is 1210. The van der Waals surface area contributed by atoms with E-state index in [9.17, 15) is 23.1 Å². The number of aromatic hydroxyl groups is 1. The number of phenols is 1. The summed E-state index contributed by atoms with van der Waals surface area (Å²) in [6.07, 6.45) is 0. The molecular formula is C19H19ClN6O5S. The molecule has 1 unspecified atom stereocenters. The van der Waals surface area contributed by atoms with Gasteiger partial charge in [0.05, 0.1) is 16.3 Å². The normalized spacial score (nSPS) is 16.3. The number of azo groups is 1. The molecule has 1 aliphatic heterocycles. The van der Waals surface area contributed by atoms with Gasteiger partial charge in [-0.15, -0.1) is 0 Å². The van der Waals surface area contributed by atoms with E-state index < -0.39 is 28.0 Å². The number of phenolic OH excluding ortho intramolecular Hbond substituents is 1. The molecule has 3 amide bonds. The molecular weight excluding hydrogens is 460 g/mol. The second kappa shape index (κ2) is 9.32. The lowest BCUT2D eigenvalue weighted by Crippen LogP contribution is -2.39. The topological polar surface area (TPSA) is 153 Å². The van der Waals surface area contributed by atoms with Gasteiger partial charge in [0, 0.05) is 11.6 Å². The minimum Gasteiger partial charge on any atom is -0.506 e. The molecule has 2 aromatic carbocycles. The number of hydrogen-bond acceptors (Lipinski definition) is 8. The standard InChI is InChI=1S/C19H19ClN6O5S/c1-3-21-19(29)25-32(30,31)14-8-9-16(27)15(10-14)22-23-17-11(2)24-26(18(17)28)13-6-4-12(20)5-7-13/h4-10,17,27H,3H2,1-2H3,(H2,21,25,29). The van der Waals surface area contributed by atoms with Gasteiger partial charge in [-0.1, -0.05) is 11.6 Å². The van der Waals surface area contributed by atoms with Crippen molar-refractivity contribution in [2.24, 2.45) is 15.3 Å². The van der Waals surface area contributed by atoms with E-state index in [1.807, 2.05) is 4.72 Å². The molecule has 2 aromatic rings. The third-order valence-corrected chi connectivity index (χ3v) is 5.85. The van der Waals surface area contributed by atoms with E-state index in [0.29, 0.717) is 16.4 Å². The fourth-order valence-electron chi connectivity index (χ4n) is 2.70. The van der Waals surface area contributed by atoms with Gasteiger partial charge in [0.1, 0.15) is 11.4 Å². The first-order chi connectivity index (χ1) is 15.1. The average molecular weight is 479 g/mol. The van der Waals surface area contributed by atoms with Crippen molar-refractivity contribution in [3.63, 3.8) is 0 Å². The molecule has 1 heterocycles. The molecule has 0 fully saturated rings. The van der Waals surface area contributed by atoms with Crippen molar-refractivity contribution in [2.45, 2.75) is 24.8 Å². The number of hydrogen-bond donors (Lipinski definition) is 3. The van der Waals surface area contributed by atoms with Crippen molar-refractivity contribution in [3.05, 3.63) is 47.5 Å². The van der Waals surface area contributed by atoms with Crippen molar-refractivity contribution in [2.75, 3.05) is 11.6 Å². The van der Waals surface area contributed by atoms with Gasteiger partial charge in [0.15, 0.2) is 6.04 Å². The van der Waals surface area contributed by atoms with E-state index in [1.165, 1.54) is 0 Å². The van der Waals surface area contributed by atoms with Crippen LogP contribution in [0.2, 0.25) is 5.02 Å². The number of nitrogens with one attached hydrogen (secondary N) is 2. The summed E-state index contributed by atoms with van der Waals surface area (Å²) in [5.74, 6) is -0.838. The predicted molar refractivity (Wildman–Crippen MR) is 118 cm³/mol. The second-order valence-electron chi connectivity index (χ2n) is 6.60. The van der Waals surface area contributed by atoms with Crippen LogP contribution in [0.5, 0.6) is 5.75 Å². The number of carbonyl (C=O) groups is 2. The zero-order valence-electron chi connectivity index (χ0n) is 17.0. The van der Waals surface area contributed by atoms with Gasteiger partial charge in [0.2, 0.25) is 0 Å². The fraction of sp³-hybridized carbons (Fsp3) is 0.211. The largest absolute Gasteiger partial charge is 0.506 e. The Labute approximate surface area is 188 Å². The van der Waals surface area contributed by atoms with Gasteiger partial charge < -0.3 is 10.4 Å². The number of halogens is 1. The first kappa shape index (κ1) is 23.2. The molecule has 0 aliphatic carbocycles. The van der Waals surface area contributed by atoms with Gasteiger partial charge in [-0.25, -0.2) is 17.9 Å². The van der Waals surface area contributed by atoms with Crippen LogP contribution in [0.3, 0.4) is 0 Å². The Morgan fingerprint density at radius 3 is 2.59 bits per heavy atom. The number of sulfonamides is 1.